The molecule has 1 amide bonds. The van der Waals surface area contributed by atoms with Crippen LogP contribution in [0.3, 0.4) is 0 Å². The summed E-state index contributed by atoms with van der Waals surface area (Å²) >= 11 is 0. The van der Waals surface area contributed by atoms with Crippen LogP contribution in [0.4, 0.5) is 0 Å². The molecule has 0 saturated carbocycles. The van der Waals surface area contributed by atoms with Crippen LogP contribution in [0.25, 0.3) is 10.9 Å². The van der Waals surface area contributed by atoms with Crippen LogP contribution in [-0.2, 0) is 28.4 Å². The average molecular weight is 484 g/mol. The van der Waals surface area contributed by atoms with Crippen LogP contribution in [0, 0.1) is 0 Å². The van der Waals surface area contributed by atoms with Gasteiger partial charge in [0.15, 0.2) is 0 Å². The second-order valence-electron chi connectivity index (χ2n) is 8.67. The van der Waals surface area contributed by atoms with Crippen molar-refractivity contribution >= 4 is 32.8 Å². The van der Waals surface area contributed by atoms with Gasteiger partial charge >= 0.3 is 5.97 Å². The Bertz CT molecular complexity index is 1310. The molecule has 34 heavy (non-hydrogen) atoms. The number of methoxy groups -OCH3 is 1. The number of carbonyl (C=O) groups is 2. The van der Waals surface area contributed by atoms with Gasteiger partial charge in [0.1, 0.15) is 5.69 Å². The molecule has 1 saturated heterocycles. The minimum absolute atomic E-state index is 0.0403. The summed E-state index contributed by atoms with van der Waals surface area (Å²) in [5.74, 6) is -0.476. The minimum Gasteiger partial charge on any atom is -0.465 e. The van der Waals surface area contributed by atoms with E-state index in [4.69, 9.17) is 4.74 Å². The monoisotopic (exact) mass is 483 g/mol. The van der Waals surface area contributed by atoms with Gasteiger partial charge in [-0.05, 0) is 42.7 Å². The Hall–Kier alpha value is -3.17. The number of piperidine rings is 1. The quantitative estimate of drug-likeness (QED) is 0.503. The van der Waals surface area contributed by atoms with E-state index >= 15 is 0 Å². The summed E-state index contributed by atoms with van der Waals surface area (Å²) in [6.45, 7) is 1.18. The Morgan fingerprint density at radius 3 is 2.29 bits per heavy atom. The van der Waals surface area contributed by atoms with Crippen molar-refractivity contribution in [3.8, 4) is 0 Å². The number of sulfonamides is 1. The number of benzene rings is 2. The maximum Gasteiger partial charge on any atom is 0.337 e. The predicted molar refractivity (Wildman–Crippen MR) is 130 cm³/mol. The Balaban J connectivity index is 1.45. The molecule has 1 aliphatic rings. The lowest BCUT2D eigenvalue weighted by atomic mass is 10.0. The number of ether oxygens (including phenoxy) is 1. The fourth-order valence-corrected chi connectivity index (χ4v) is 5.71. The molecular weight excluding hydrogens is 454 g/mol. The van der Waals surface area contributed by atoms with Crippen molar-refractivity contribution in [1.82, 2.24) is 13.8 Å². The molecule has 1 fully saturated rings. The second-order valence-corrected chi connectivity index (χ2v) is 10.6. The molecule has 2 heterocycles. The van der Waals surface area contributed by atoms with Crippen molar-refractivity contribution in [2.24, 2.45) is 7.05 Å². The van der Waals surface area contributed by atoms with Gasteiger partial charge < -0.3 is 14.2 Å². The summed E-state index contributed by atoms with van der Waals surface area (Å²) < 4.78 is 33.3. The largest absolute Gasteiger partial charge is 0.465 e. The number of likely N-dealkylation sites (tertiary alicyclic amines) is 1. The summed E-state index contributed by atoms with van der Waals surface area (Å²) in [5, 5.41) is 1.02. The van der Waals surface area contributed by atoms with E-state index in [0.29, 0.717) is 37.2 Å². The van der Waals surface area contributed by atoms with Gasteiger partial charge in [-0.25, -0.2) is 13.2 Å². The Morgan fingerprint density at radius 1 is 1.06 bits per heavy atom. The molecule has 180 valence electrons. The highest BCUT2D eigenvalue weighted by Crippen LogP contribution is 2.25. The van der Waals surface area contributed by atoms with Crippen molar-refractivity contribution < 1.29 is 22.7 Å². The van der Waals surface area contributed by atoms with Crippen molar-refractivity contribution in [1.29, 1.82) is 0 Å². The number of rotatable bonds is 6. The normalized spacial score (nSPS) is 15.1. The number of esters is 1. The Kier molecular flexibility index (Phi) is 6.77. The van der Waals surface area contributed by atoms with Crippen molar-refractivity contribution in [3.63, 3.8) is 0 Å². The molecule has 2 aromatic carbocycles. The molecule has 0 spiro atoms. The van der Waals surface area contributed by atoms with E-state index in [0.717, 1.165) is 16.5 Å². The molecule has 1 aliphatic heterocycles. The highest BCUT2D eigenvalue weighted by molar-refractivity contribution is 7.88. The first kappa shape index (κ1) is 24.0. The first-order valence-corrected chi connectivity index (χ1v) is 13.0. The molecule has 8 nitrogen and oxygen atoms in total. The minimum atomic E-state index is -3.47. The average Bonchev–Trinajstić information content (AvgIpc) is 3.18. The molecule has 4 rings (SSSR count). The molecule has 0 aliphatic carbocycles. The zero-order valence-corrected chi connectivity index (χ0v) is 20.4. The van der Waals surface area contributed by atoms with Gasteiger partial charge in [-0.2, -0.15) is 4.31 Å². The molecule has 0 N–H and O–H groups in total. The summed E-state index contributed by atoms with van der Waals surface area (Å²) in [6.07, 6.45) is 2.33. The lowest BCUT2D eigenvalue weighted by molar-refractivity contribution is 0.0599. The van der Waals surface area contributed by atoms with Crippen LogP contribution in [0.1, 0.15) is 39.3 Å². The summed E-state index contributed by atoms with van der Waals surface area (Å²) in [7, 11) is -0.267. The van der Waals surface area contributed by atoms with Gasteiger partial charge in [0.05, 0.1) is 18.9 Å². The number of nitrogens with zero attached hydrogens (tertiary/aromatic N) is 3. The zero-order valence-electron chi connectivity index (χ0n) is 19.6. The van der Waals surface area contributed by atoms with Gasteiger partial charge in [-0.3, -0.25) is 4.79 Å². The first-order valence-electron chi connectivity index (χ1n) is 11.2. The third-order valence-electron chi connectivity index (χ3n) is 6.47. The van der Waals surface area contributed by atoms with Crippen LogP contribution in [0.15, 0.2) is 54.6 Å². The van der Waals surface area contributed by atoms with Crippen molar-refractivity contribution in [3.05, 3.63) is 71.4 Å². The maximum atomic E-state index is 13.2. The molecule has 9 heteroatoms. The van der Waals surface area contributed by atoms with Gasteiger partial charge in [0.25, 0.3) is 5.91 Å². The van der Waals surface area contributed by atoms with Crippen molar-refractivity contribution in [2.75, 3.05) is 26.5 Å². The number of hydrogen-bond acceptors (Lipinski definition) is 5. The number of aryl methyl sites for hydroxylation is 1. The molecule has 0 bridgehead atoms. The highest BCUT2D eigenvalue weighted by atomic mass is 32.2. The van der Waals surface area contributed by atoms with Gasteiger partial charge in [0, 0.05) is 43.6 Å². The number of hydrogen-bond donors (Lipinski definition) is 0. The number of fused-ring (bicyclic) bond motifs is 1. The zero-order chi connectivity index (χ0) is 24.5. The smallest absolute Gasteiger partial charge is 0.337 e. The highest BCUT2D eigenvalue weighted by Gasteiger charge is 2.32. The molecule has 1 aromatic heterocycles. The Morgan fingerprint density at radius 2 is 1.71 bits per heavy atom. The standard InChI is InChI=1S/C25H29N3O5S/c1-26-22-7-5-4-6-20(22)16-23(26)24(29)27-14-12-21(13-15-27)28(34(3,31)32)17-18-8-10-19(11-9-18)25(30)33-2/h4-11,16,21H,12-15,17H2,1-3H3. The fraction of sp³-hybridized carbons (Fsp3) is 0.360. The fourth-order valence-electron chi connectivity index (χ4n) is 4.57. The summed E-state index contributed by atoms with van der Waals surface area (Å²) in [6, 6.07) is 16.3. The van der Waals surface area contributed by atoms with Crippen LogP contribution in [0.2, 0.25) is 0 Å². The number of aromatic nitrogens is 1. The van der Waals surface area contributed by atoms with E-state index in [1.165, 1.54) is 17.7 Å². The number of para-hydroxylation sites is 1. The second kappa shape index (κ2) is 9.60. The van der Waals surface area contributed by atoms with E-state index in [1.807, 2.05) is 41.9 Å². The molecule has 0 unspecified atom stereocenters. The summed E-state index contributed by atoms with van der Waals surface area (Å²) in [4.78, 5) is 26.7. The van der Waals surface area contributed by atoms with Crippen LogP contribution >= 0.6 is 0 Å². The van der Waals surface area contributed by atoms with Gasteiger partial charge in [0.2, 0.25) is 10.0 Å². The molecular formula is C25H29N3O5S. The SMILES string of the molecule is COC(=O)c1ccc(CN(C2CCN(C(=O)c3cc4ccccc4n3C)CC2)S(C)(=O)=O)cc1. The van der Waals surface area contributed by atoms with E-state index in [1.54, 1.807) is 29.2 Å². The van der Waals surface area contributed by atoms with E-state index in [2.05, 4.69) is 0 Å². The van der Waals surface area contributed by atoms with Gasteiger partial charge in [-0.15, -0.1) is 0 Å². The van der Waals surface area contributed by atoms with Crippen LogP contribution < -0.4 is 0 Å². The van der Waals surface area contributed by atoms with E-state index < -0.39 is 16.0 Å². The lowest BCUT2D eigenvalue weighted by Crippen LogP contribution is -2.48. The topological polar surface area (TPSA) is 88.9 Å². The third kappa shape index (κ3) is 4.85. The van der Waals surface area contributed by atoms with Gasteiger partial charge in [-0.1, -0.05) is 30.3 Å². The number of amides is 1. The van der Waals surface area contributed by atoms with Crippen LogP contribution in [-0.4, -0.2) is 66.6 Å². The molecule has 3 aromatic rings. The molecule has 0 atom stereocenters. The Labute approximate surface area is 199 Å². The predicted octanol–water partition coefficient (Wildman–Crippen LogP) is 3.03. The molecule has 0 radical (unpaired) electrons. The van der Waals surface area contributed by atoms with E-state index in [-0.39, 0.29) is 18.5 Å². The summed E-state index contributed by atoms with van der Waals surface area (Å²) in [5.41, 5.74) is 2.83. The maximum absolute atomic E-state index is 13.2. The van der Waals surface area contributed by atoms with E-state index in [9.17, 15) is 18.0 Å². The lowest BCUT2D eigenvalue weighted by Gasteiger charge is -2.37. The van der Waals surface area contributed by atoms with Crippen molar-refractivity contribution in [2.45, 2.75) is 25.4 Å². The van der Waals surface area contributed by atoms with Crippen LogP contribution in [0.5, 0.6) is 0 Å². The number of carbonyl (C=O) groups excluding carboxylic acids is 2. The first-order chi connectivity index (χ1) is 16.2. The third-order valence-corrected chi connectivity index (χ3v) is 7.75.